The maximum atomic E-state index is 9.70. The van der Waals surface area contributed by atoms with Crippen LogP contribution in [0.15, 0.2) is 70.7 Å². The van der Waals surface area contributed by atoms with Crippen molar-refractivity contribution in [3.63, 3.8) is 0 Å². The Morgan fingerprint density at radius 2 is 1.96 bits per heavy atom. The van der Waals surface area contributed by atoms with Gasteiger partial charge in [0.25, 0.3) is 0 Å². The van der Waals surface area contributed by atoms with Gasteiger partial charge in [-0.15, -0.1) is 0 Å². The topological polar surface area (TPSA) is 99.7 Å². The number of benzene rings is 2. The molecule has 6 nitrogen and oxygen atoms in total. The first-order valence-electron chi connectivity index (χ1n) is 8.83. The van der Waals surface area contributed by atoms with E-state index in [9.17, 15) is 5.26 Å². The Morgan fingerprint density at radius 3 is 2.75 bits per heavy atom. The summed E-state index contributed by atoms with van der Waals surface area (Å²) in [7, 11) is 0. The fraction of sp³-hybridized carbons (Fsp3) is 0.0952. The Bertz CT molecular complexity index is 1040. The van der Waals surface area contributed by atoms with Crippen molar-refractivity contribution >= 4 is 34.7 Å². The van der Waals surface area contributed by atoms with Crippen LogP contribution >= 0.6 is 11.8 Å². The molecule has 0 fully saturated rings. The molecule has 2 aromatic carbocycles. The van der Waals surface area contributed by atoms with Gasteiger partial charge >= 0.3 is 0 Å². The van der Waals surface area contributed by atoms with E-state index in [0.29, 0.717) is 23.8 Å². The lowest BCUT2D eigenvalue weighted by atomic mass is 10.1. The lowest BCUT2D eigenvalue weighted by Crippen LogP contribution is -2.09. The molecule has 0 amide bonds. The second kappa shape index (κ2) is 8.03. The fourth-order valence-electron chi connectivity index (χ4n) is 2.84. The molecular weight excluding hydrogens is 368 g/mol. The van der Waals surface area contributed by atoms with Crippen molar-refractivity contribution in [1.82, 2.24) is 9.97 Å². The number of allylic oxidation sites excluding steroid dienone is 1. The van der Waals surface area contributed by atoms with Crippen LogP contribution in [0.3, 0.4) is 0 Å². The SMILES string of the molecule is N#C/C(=C1/Nc2ccccc2S1)c1ccnc(NCCc2ccc(N)cc2)n1. The van der Waals surface area contributed by atoms with E-state index in [1.165, 1.54) is 5.56 Å². The predicted octanol–water partition coefficient (Wildman–Crippen LogP) is 4.12. The molecule has 2 heterocycles. The maximum absolute atomic E-state index is 9.70. The average molecular weight is 386 g/mol. The lowest BCUT2D eigenvalue weighted by Gasteiger charge is -2.08. The molecule has 0 bridgehead atoms. The first kappa shape index (κ1) is 17.9. The quantitative estimate of drug-likeness (QED) is 0.448. The number of aromatic nitrogens is 2. The van der Waals surface area contributed by atoms with Gasteiger partial charge in [-0.1, -0.05) is 36.0 Å². The van der Waals surface area contributed by atoms with Crippen molar-refractivity contribution in [2.75, 3.05) is 22.9 Å². The summed E-state index contributed by atoms with van der Waals surface area (Å²) in [6, 6.07) is 19.8. The van der Waals surface area contributed by atoms with Crippen LogP contribution in [0.4, 0.5) is 17.3 Å². The summed E-state index contributed by atoms with van der Waals surface area (Å²) in [6.07, 6.45) is 2.49. The third kappa shape index (κ3) is 3.92. The van der Waals surface area contributed by atoms with Crippen LogP contribution < -0.4 is 16.4 Å². The highest BCUT2D eigenvalue weighted by Gasteiger charge is 2.20. The molecular formula is C21H18N6S. The van der Waals surface area contributed by atoms with Gasteiger partial charge in [0, 0.05) is 23.3 Å². The Labute approximate surface area is 167 Å². The van der Waals surface area contributed by atoms with Crippen molar-refractivity contribution in [3.05, 3.63) is 77.1 Å². The van der Waals surface area contributed by atoms with Gasteiger partial charge in [-0.3, -0.25) is 0 Å². The molecule has 1 aliphatic heterocycles. The van der Waals surface area contributed by atoms with E-state index in [4.69, 9.17) is 5.73 Å². The number of hydrogen-bond acceptors (Lipinski definition) is 7. The van der Waals surface area contributed by atoms with Gasteiger partial charge in [-0.2, -0.15) is 5.26 Å². The van der Waals surface area contributed by atoms with Crippen LogP contribution in [-0.2, 0) is 6.42 Å². The summed E-state index contributed by atoms with van der Waals surface area (Å²) >= 11 is 1.54. The van der Waals surface area contributed by atoms with Crippen LogP contribution in [0.1, 0.15) is 11.3 Å². The molecule has 0 aliphatic carbocycles. The number of thioether (sulfide) groups is 1. The molecule has 0 spiro atoms. The average Bonchev–Trinajstić information content (AvgIpc) is 3.14. The van der Waals surface area contributed by atoms with Crippen LogP contribution in [-0.4, -0.2) is 16.5 Å². The molecule has 7 heteroatoms. The van der Waals surface area contributed by atoms with E-state index in [2.05, 4.69) is 26.7 Å². The number of nitrogens with two attached hydrogens (primary N) is 1. The molecule has 0 saturated heterocycles. The van der Waals surface area contributed by atoms with Gasteiger partial charge < -0.3 is 16.4 Å². The van der Waals surface area contributed by atoms with Gasteiger partial charge in [0.15, 0.2) is 0 Å². The van der Waals surface area contributed by atoms with Gasteiger partial charge in [0.2, 0.25) is 5.95 Å². The third-order valence-corrected chi connectivity index (χ3v) is 5.36. The fourth-order valence-corrected chi connectivity index (χ4v) is 3.85. The van der Waals surface area contributed by atoms with E-state index in [0.717, 1.165) is 27.7 Å². The first-order chi connectivity index (χ1) is 13.7. The van der Waals surface area contributed by atoms with Gasteiger partial charge in [-0.25, -0.2) is 9.97 Å². The van der Waals surface area contributed by atoms with Crippen molar-refractivity contribution < 1.29 is 0 Å². The van der Waals surface area contributed by atoms with Crippen molar-refractivity contribution in [2.24, 2.45) is 0 Å². The lowest BCUT2D eigenvalue weighted by molar-refractivity contribution is 0.981. The van der Waals surface area contributed by atoms with Gasteiger partial charge in [0.1, 0.15) is 11.6 Å². The van der Waals surface area contributed by atoms with E-state index >= 15 is 0 Å². The Balaban J connectivity index is 1.48. The third-order valence-electron chi connectivity index (χ3n) is 4.27. The minimum Gasteiger partial charge on any atom is -0.399 e. The predicted molar refractivity (Wildman–Crippen MR) is 114 cm³/mol. The second-order valence-corrected chi connectivity index (χ2v) is 7.28. The number of nitrogen functional groups attached to an aromatic ring is 1. The molecule has 4 rings (SSSR count). The van der Waals surface area contributed by atoms with Crippen molar-refractivity contribution in [3.8, 4) is 6.07 Å². The molecule has 4 N–H and O–H groups in total. The van der Waals surface area contributed by atoms with Crippen molar-refractivity contribution in [1.29, 1.82) is 5.26 Å². The highest BCUT2D eigenvalue weighted by molar-refractivity contribution is 8.04. The summed E-state index contributed by atoms with van der Waals surface area (Å²) in [5.74, 6) is 0.502. The molecule has 1 aliphatic rings. The number of hydrogen-bond donors (Lipinski definition) is 3. The standard InChI is InChI=1S/C21H18N6S/c22-13-16(20-26-18-3-1-2-4-19(18)28-20)17-10-12-25-21(27-17)24-11-9-14-5-7-15(23)8-6-14/h1-8,10,12,26H,9,11,23H2,(H,24,25,27)/b20-16+. The van der Waals surface area contributed by atoms with E-state index in [1.807, 2.05) is 48.5 Å². The van der Waals surface area contributed by atoms with Crippen LogP contribution in [0.25, 0.3) is 5.57 Å². The minimum atomic E-state index is 0.502. The molecule has 1 aromatic heterocycles. The zero-order chi connectivity index (χ0) is 19.3. The number of para-hydroxylation sites is 1. The molecule has 28 heavy (non-hydrogen) atoms. The van der Waals surface area contributed by atoms with E-state index < -0.39 is 0 Å². The smallest absolute Gasteiger partial charge is 0.223 e. The summed E-state index contributed by atoms with van der Waals surface area (Å²) in [6.45, 7) is 0.685. The highest BCUT2D eigenvalue weighted by atomic mass is 32.2. The molecule has 138 valence electrons. The largest absolute Gasteiger partial charge is 0.399 e. The summed E-state index contributed by atoms with van der Waals surface area (Å²) < 4.78 is 0. The first-order valence-corrected chi connectivity index (χ1v) is 9.64. The zero-order valence-corrected chi connectivity index (χ0v) is 15.8. The Morgan fingerprint density at radius 1 is 1.14 bits per heavy atom. The molecule has 3 aromatic rings. The molecule has 0 unspecified atom stereocenters. The Kier molecular flexibility index (Phi) is 5.13. The van der Waals surface area contributed by atoms with Gasteiger partial charge in [-0.05, 0) is 42.3 Å². The van der Waals surface area contributed by atoms with E-state index in [1.54, 1.807) is 24.0 Å². The number of nitriles is 1. The Hall–Kier alpha value is -3.50. The highest BCUT2D eigenvalue weighted by Crippen LogP contribution is 2.43. The number of rotatable bonds is 5. The summed E-state index contributed by atoms with van der Waals surface area (Å²) in [5, 5.41) is 17.0. The normalized spacial score (nSPS) is 14.0. The number of nitrogens with zero attached hydrogens (tertiary/aromatic N) is 3. The van der Waals surface area contributed by atoms with Crippen LogP contribution in [0, 0.1) is 11.3 Å². The van der Waals surface area contributed by atoms with E-state index in [-0.39, 0.29) is 0 Å². The minimum absolute atomic E-state index is 0.502. The number of anilines is 3. The number of fused-ring (bicyclic) bond motifs is 1. The second-order valence-electron chi connectivity index (χ2n) is 6.22. The monoisotopic (exact) mass is 386 g/mol. The molecule has 0 saturated carbocycles. The number of nitrogens with one attached hydrogen (secondary N) is 2. The maximum Gasteiger partial charge on any atom is 0.223 e. The molecule has 0 radical (unpaired) electrons. The van der Waals surface area contributed by atoms with Crippen molar-refractivity contribution in [2.45, 2.75) is 11.3 Å². The van der Waals surface area contributed by atoms with Crippen LogP contribution in [0.5, 0.6) is 0 Å². The zero-order valence-electron chi connectivity index (χ0n) is 15.0. The van der Waals surface area contributed by atoms with Crippen LogP contribution in [0.2, 0.25) is 0 Å². The van der Waals surface area contributed by atoms with Gasteiger partial charge in [0.05, 0.1) is 16.4 Å². The summed E-state index contributed by atoms with van der Waals surface area (Å²) in [4.78, 5) is 9.89. The molecule has 0 atom stereocenters. The summed E-state index contributed by atoms with van der Waals surface area (Å²) in [5.41, 5.74) is 9.75.